The van der Waals surface area contributed by atoms with Crippen molar-refractivity contribution in [3.05, 3.63) is 76.6 Å². The molecular weight excluding hydrogens is 378 g/mol. The minimum Gasteiger partial charge on any atom is -0.291 e. The minimum atomic E-state index is -1.20. The summed E-state index contributed by atoms with van der Waals surface area (Å²) in [4.78, 5) is 32.6. The van der Waals surface area contributed by atoms with Gasteiger partial charge in [0.1, 0.15) is 17.2 Å². The third-order valence-electron chi connectivity index (χ3n) is 4.24. The summed E-state index contributed by atoms with van der Waals surface area (Å²) >= 11 is 0. The van der Waals surface area contributed by atoms with Gasteiger partial charge in [-0.05, 0) is 38.5 Å². The quantitative estimate of drug-likeness (QED) is 0.691. The number of nitrogens with zero attached hydrogens (tertiary/aromatic N) is 2. The summed E-state index contributed by atoms with van der Waals surface area (Å²) in [7, 11) is 0. The van der Waals surface area contributed by atoms with E-state index in [0.717, 1.165) is 34.9 Å². The maximum Gasteiger partial charge on any atom is 0.327 e. The van der Waals surface area contributed by atoms with Crippen LogP contribution in [0.2, 0.25) is 0 Å². The van der Waals surface area contributed by atoms with Crippen molar-refractivity contribution >= 4 is 17.8 Å². The topological polar surface area (TPSA) is 84.0 Å². The number of carbonyl (C=O) groups is 2. The Morgan fingerprint density at radius 2 is 1.69 bits per heavy atom. The molecule has 0 atom stereocenters. The van der Waals surface area contributed by atoms with E-state index in [9.17, 15) is 18.4 Å². The molecule has 3 aromatic rings. The largest absolute Gasteiger partial charge is 0.327 e. The number of benzene rings is 2. The molecule has 0 aliphatic carbocycles. The lowest BCUT2D eigenvalue weighted by atomic mass is 10.0. The van der Waals surface area contributed by atoms with Crippen LogP contribution in [-0.2, 0) is 0 Å². The van der Waals surface area contributed by atoms with Crippen LogP contribution >= 0.6 is 0 Å². The van der Waals surface area contributed by atoms with Crippen LogP contribution in [0, 0.1) is 32.4 Å². The van der Waals surface area contributed by atoms with Crippen LogP contribution in [0.25, 0.3) is 11.3 Å². The van der Waals surface area contributed by atoms with Gasteiger partial charge in [-0.1, -0.05) is 29.8 Å². The summed E-state index contributed by atoms with van der Waals surface area (Å²) in [5.41, 5.74) is 3.48. The normalized spacial score (nSPS) is 10.5. The fraction of sp³-hybridized carbons (Fsp3) is 0.143. The number of nitrogens with one attached hydrogen (secondary N) is 2. The average molecular weight is 396 g/mol. The van der Waals surface area contributed by atoms with Gasteiger partial charge in [0.25, 0.3) is 5.91 Å². The third kappa shape index (κ3) is 4.43. The number of hydrogen-bond acceptors (Lipinski definition) is 4. The fourth-order valence-electron chi connectivity index (χ4n) is 2.91. The Hall–Kier alpha value is -3.68. The SMILES string of the molecule is Cc1ccc(-c2ncc(NC(=O)NC(=O)c3c(F)cccc3F)nc2C)c(C)c1. The molecule has 1 aromatic heterocycles. The van der Waals surface area contributed by atoms with Crippen LogP contribution in [0.1, 0.15) is 27.2 Å². The molecule has 29 heavy (non-hydrogen) atoms. The van der Waals surface area contributed by atoms with Gasteiger partial charge in [0.2, 0.25) is 0 Å². The van der Waals surface area contributed by atoms with Gasteiger partial charge in [-0.2, -0.15) is 0 Å². The van der Waals surface area contributed by atoms with E-state index in [1.807, 2.05) is 37.4 Å². The van der Waals surface area contributed by atoms with E-state index < -0.39 is 29.1 Å². The molecular formula is C21H18F2N4O2. The van der Waals surface area contributed by atoms with E-state index >= 15 is 0 Å². The second kappa shape index (κ2) is 8.14. The van der Waals surface area contributed by atoms with Gasteiger partial charge in [-0.3, -0.25) is 20.4 Å². The Morgan fingerprint density at radius 3 is 2.31 bits per heavy atom. The van der Waals surface area contributed by atoms with Crippen molar-refractivity contribution in [1.82, 2.24) is 15.3 Å². The predicted molar refractivity (Wildman–Crippen MR) is 105 cm³/mol. The second-order valence-electron chi connectivity index (χ2n) is 6.51. The van der Waals surface area contributed by atoms with Crippen LogP contribution in [0.3, 0.4) is 0 Å². The summed E-state index contributed by atoms with van der Waals surface area (Å²) < 4.78 is 27.3. The van der Waals surface area contributed by atoms with Crippen molar-refractivity contribution in [2.24, 2.45) is 0 Å². The molecule has 6 nitrogen and oxygen atoms in total. The highest BCUT2D eigenvalue weighted by atomic mass is 19.1. The van der Waals surface area contributed by atoms with Crippen molar-refractivity contribution in [3.63, 3.8) is 0 Å². The first-order chi connectivity index (χ1) is 13.8. The first kappa shape index (κ1) is 20.1. The van der Waals surface area contributed by atoms with E-state index in [1.165, 1.54) is 6.20 Å². The van der Waals surface area contributed by atoms with Gasteiger partial charge < -0.3 is 0 Å². The number of rotatable bonds is 3. The molecule has 0 saturated heterocycles. The molecule has 0 radical (unpaired) electrons. The number of hydrogen-bond donors (Lipinski definition) is 2. The third-order valence-corrected chi connectivity index (χ3v) is 4.24. The van der Waals surface area contributed by atoms with Crippen molar-refractivity contribution < 1.29 is 18.4 Å². The lowest BCUT2D eigenvalue weighted by Gasteiger charge is -2.11. The molecule has 0 aliphatic heterocycles. The minimum absolute atomic E-state index is 0.0929. The van der Waals surface area contributed by atoms with E-state index in [4.69, 9.17) is 0 Å². The van der Waals surface area contributed by atoms with E-state index in [-0.39, 0.29) is 5.82 Å². The summed E-state index contributed by atoms with van der Waals surface area (Å²) in [6.07, 6.45) is 1.34. The lowest BCUT2D eigenvalue weighted by Crippen LogP contribution is -2.35. The molecule has 2 aromatic carbocycles. The molecule has 148 valence electrons. The number of halogens is 2. The number of urea groups is 1. The summed E-state index contributed by atoms with van der Waals surface area (Å²) in [5.74, 6) is -3.24. The average Bonchev–Trinajstić information content (AvgIpc) is 2.62. The zero-order valence-corrected chi connectivity index (χ0v) is 16.0. The zero-order chi connectivity index (χ0) is 21.1. The number of aryl methyl sites for hydroxylation is 3. The van der Waals surface area contributed by atoms with Crippen LogP contribution < -0.4 is 10.6 Å². The molecule has 3 rings (SSSR count). The zero-order valence-electron chi connectivity index (χ0n) is 16.0. The Balaban J connectivity index is 1.74. The maximum atomic E-state index is 13.6. The molecule has 0 aliphatic rings. The first-order valence-corrected chi connectivity index (χ1v) is 8.74. The number of aromatic nitrogens is 2. The molecule has 1 heterocycles. The summed E-state index contributed by atoms with van der Waals surface area (Å²) in [6.45, 7) is 5.70. The number of amides is 3. The highest BCUT2D eigenvalue weighted by Gasteiger charge is 2.19. The standard InChI is InChI=1S/C21H18F2N4O2/c1-11-7-8-14(12(2)9-11)19-13(3)25-17(10-24-19)26-21(29)27-20(28)18-15(22)5-4-6-16(18)23/h4-10H,1-3H3,(H2,25,26,27,28,29). The summed E-state index contributed by atoms with van der Waals surface area (Å²) in [5, 5.41) is 4.21. The van der Waals surface area contributed by atoms with E-state index in [1.54, 1.807) is 6.92 Å². The number of carbonyl (C=O) groups excluding carboxylic acids is 2. The maximum absolute atomic E-state index is 13.6. The van der Waals surface area contributed by atoms with Crippen molar-refractivity contribution in [1.29, 1.82) is 0 Å². The highest BCUT2D eigenvalue weighted by molar-refractivity contribution is 6.07. The van der Waals surface area contributed by atoms with Gasteiger partial charge >= 0.3 is 6.03 Å². The summed E-state index contributed by atoms with van der Waals surface area (Å²) in [6, 6.07) is 7.94. The van der Waals surface area contributed by atoms with E-state index in [0.29, 0.717) is 11.4 Å². The molecule has 0 spiro atoms. The van der Waals surface area contributed by atoms with Gasteiger partial charge in [0, 0.05) is 5.56 Å². The Bertz CT molecular complexity index is 1100. The van der Waals surface area contributed by atoms with Gasteiger partial charge in [0.05, 0.1) is 17.6 Å². The Morgan fingerprint density at radius 1 is 1.00 bits per heavy atom. The van der Waals surface area contributed by atoms with Crippen molar-refractivity contribution in [2.45, 2.75) is 20.8 Å². The molecule has 0 unspecified atom stereocenters. The predicted octanol–water partition coefficient (Wildman–Crippen LogP) is 4.31. The molecule has 3 amide bonds. The number of anilines is 1. The smallest absolute Gasteiger partial charge is 0.291 e. The van der Waals surface area contributed by atoms with Crippen LogP contribution in [0.4, 0.5) is 19.4 Å². The van der Waals surface area contributed by atoms with Crippen molar-refractivity contribution in [3.8, 4) is 11.3 Å². The van der Waals surface area contributed by atoms with Crippen LogP contribution in [0.15, 0.2) is 42.6 Å². The van der Waals surface area contributed by atoms with Gasteiger partial charge in [-0.25, -0.2) is 18.6 Å². The molecule has 2 N–H and O–H groups in total. The molecule has 0 saturated carbocycles. The Kier molecular flexibility index (Phi) is 5.63. The molecule has 8 heteroatoms. The van der Waals surface area contributed by atoms with Crippen LogP contribution in [0.5, 0.6) is 0 Å². The van der Waals surface area contributed by atoms with E-state index in [2.05, 4.69) is 15.3 Å². The van der Waals surface area contributed by atoms with Gasteiger partial charge in [0.15, 0.2) is 5.82 Å². The first-order valence-electron chi connectivity index (χ1n) is 8.74. The monoisotopic (exact) mass is 396 g/mol. The van der Waals surface area contributed by atoms with Gasteiger partial charge in [-0.15, -0.1) is 0 Å². The highest BCUT2D eigenvalue weighted by Crippen LogP contribution is 2.25. The fourth-order valence-corrected chi connectivity index (χ4v) is 2.91. The molecule has 0 bridgehead atoms. The lowest BCUT2D eigenvalue weighted by molar-refractivity contribution is 0.0959. The second-order valence-corrected chi connectivity index (χ2v) is 6.51. The Labute approximate surface area is 166 Å². The van der Waals surface area contributed by atoms with Crippen molar-refractivity contribution in [2.75, 3.05) is 5.32 Å². The van der Waals surface area contributed by atoms with Crippen LogP contribution in [-0.4, -0.2) is 21.9 Å². The molecule has 0 fully saturated rings. The number of imide groups is 1.